The van der Waals surface area contributed by atoms with Crippen molar-refractivity contribution < 1.29 is 4.42 Å². The number of halogens is 1. The van der Waals surface area contributed by atoms with Gasteiger partial charge >= 0.3 is 0 Å². The predicted molar refractivity (Wildman–Crippen MR) is 74.2 cm³/mol. The molecule has 0 fully saturated rings. The lowest BCUT2D eigenvalue weighted by Gasteiger charge is -1.90. The number of anilines is 1. The van der Waals surface area contributed by atoms with E-state index in [0.717, 1.165) is 31.0 Å². The van der Waals surface area contributed by atoms with E-state index in [2.05, 4.69) is 20.9 Å². The highest BCUT2D eigenvalue weighted by Crippen LogP contribution is 2.34. The number of thiophene rings is 1. The van der Waals surface area contributed by atoms with Gasteiger partial charge in [-0.1, -0.05) is 15.9 Å². The Morgan fingerprint density at radius 2 is 2.18 bits per heavy atom. The van der Waals surface area contributed by atoms with E-state index in [4.69, 9.17) is 10.2 Å². The first-order chi connectivity index (χ1) is 8.13. The summed E-state index contributed by atoms with van der Waals surface area (Å²) in [6, 6.07) is 7.75. The summed E-state index contributed by atoms with van der Waals surface area (Å²) in [6.45, 7) is 2.02. The Hall–Kier alpha value is -1.33. The summed E-state index contributed by atoms with van der Waals surface area (Å²) in [5.41, 5.74) is 8.41. The van der Waals surface area contributed by atoms with Gasteiger partial charge in [-0.3, -0.25) is 0 Å². The van der Waals surface area contributed by atoms with Gasteiger partial charge in [-0.15, -0.1) is 11.3 Å². The zero-order valence-corrected chi connectivity index (χ0v) is 11.4. The number of nitrogen functional groups attached to an aromatic ring is 1. The monoisotopic (exact) mass is 308 g/mol. The predicted octanol–water partition coefficient (Wildman–Crippen LogP) is 4.21. The van der Waals surface area contributed by atoms with Gasteiger partial charge in [0, 0.05) is 9.35 Å². The first-order valence-electron chi connectivity index (χ1n) is 5.06. The molecule has 0 radical (unpaired) electrons. The molecule has 2 N–H and O–H groups in total. The van der Waals surface area contributed by atoms with E-state index in [1.165, 1.54) is 0 Å². The molecule has 0 aliphatic heterocycles. The summed E-state index contributed by atoms with van der Waals surface area (Å²) >= 11 is 4.96. The first kappa shape index (κ1) is 10.8. The number of aromatic nitrogens is 1. The lowest BCUT2D eigenvalue weighted by Crippen LogP contribution is -1.82. The summed E-state index contributed by atoms with van der Waals surface area (Å²) in [4.78, 5) is 5.60. The molecule has 3 nitrogen and oxygen atoms in total. The van der Waals surface area contributed by atoms with E-state index in [1.807, 2.05) is 31.2 Å². The highest BCUT2D eigenvalue weighted by atomic mass is 79.9. The second-order valence-corrected chi connectivity index (χ2v) is 5.97. The van der Waals surface area contributed by atoms with Gasteiger partial charge in [0.1, 0.15) is 5.52 Å². The van der Waals surface area contributed by atoms with Crippen LogP contribution in [-0.2, 0) is 0 Å². The van der Waals surface area contributed by atoms with Gasteiger partial charge in [-0.05, 0) is 31.2 Å². The lowest BCUT2D eigenvalue weighted by atomic mass is 10.3. The number of fused-ring (bicyclic) bond motifs is 1. The van der Waals surface area contributed by atoms with Crippen LogP contribution < -0.4 is 5.73 Å². The fourth-order valence-corrected chi connectivity index (χ4v) is 2.84. The number of nitrogens with zero attached hydrogens (tertiary/aromatic N) is 1. The third-order valence-corrected chi connectivity index (χ3v) is 3.84. The molecular weight excluding hydrogens is 300 g/mol. The highest BCUT2D eigenvalue weighted by molar-refractivity contribution is 9.10. The average molecular weight is 309 g/mol. The van der Waals surface area contributed by atoms with Crippen LogP contribution in [0.1, 0.15) is 4.88 Å². The van der Waals surface area contributed by atoms with Crippen LogP contribution in [-0.4, -0.2) is 4.98 Å². The number of hydrogen-bond acceptors (Lipinski definition) is 4. The Bertz CT molecular complexity index is 702. The third-order valence-electron chi connectivity index (χ3n) is 2.46. The number of aryl methyl sites for hydroxylation is 1. The van der Waals surface area contributed by atoms with E-state index >= 15 is 0 Å². The minimum Gasteiger partial charge on any atom is -0.436 e. The van der Waals surface area contributed by atoms with Gasteiger partial charge in [-0.25, -0.2) is 4.98 Å². The van der Waals surface area contributed by atoms with Crippen molar-refractivity contribution in [3.8, 4) is 11.5 Å². The number of oxazole rings is 1. The van der Waals surface area contributed by atoms with Crippen LogP contribution in [0.3, 0.4) is 0 Å². The van der Waals surface area contributed by atoms with Crippen molar-refractivity contribution in [3.63, 3.8) is 0 Å². The zero-order valence-electron chi connectivity index (χ0n) is 9.03. The minimum atomic E-state index is 0.583. The molecule has 2 aromatic heterocycles. The maximum absolute atomic E-state index is 5.93. The molecule has 1 aromatic carbocycles. The molecule has 5 heteroatoms. The SMILES string of the molecule is Cc1cc(-c2nc3cc(Br)ccc3o2)c(N)s1. The van der Waals surface area contributed by atoms with Crippen molar-refractivity contribution in [1.82, 2.24) is 4.98 Å². The van der Waals surface area contributed by atoms with Crippen molar-refractivity contribution in [2.75, 3.05) is 5.73 Å². The van der Waals surface area contributed by atoms with Crippen LogP contribution in [0.4, 0.5) is 5.00 Å². The molecule has 3 aromatic rings. The van der Waals surface area contributed by atoms with Crippen molar-refractivity contribution in [1.29, 1.82) is 0 Å². The summed E-state index contributed by atoms with van der Waals surface area (Å²) in [6.07, 6.45) is 0. The number of nitrogens with two attached hydrogens (primary N) is 1. The van der Waals surface area contributed by atoms with Gasteiger partial charge < -0.3 is 10.2 Å². The molecule has 0 amide bonds. The lowest BCUT2D eigenvalue weighted by molar-refractivity contribution is 0.620. The maximum atomic E-state index is 5.93. The fourth-order valence-electron chi connectivity index (χ4n) is 1.72. The fraction of sp³-hybridized carbons (Fsp3) is 0.0833. The Labute approximate surface area is 110 Å². The molecule has 0 aliphatic carbocycles. The zero-order chi connectivity index (χ0) is 12.0. The largest absolute Gasteiger partial charge is 0.436 e. The third kappa shape index (κ3) is 1.85. The van der Waals surface area contributed by atoms with E-state index in [9.17, 15) is 0 Å². The molecule has 0 bridgehead atoms. The van der Waals surface area contributed by atoms with Gasteiger partial charge in [0.2, 0.25) is 5.89 Å². The molecule has 3 rings (SSSR count). The van der Waals surface area contributed by atoms with Crippen molar-refractivity contribution in [2.45, 2.75) is 6.92 Å². The molecule has 0 atom stereocenters. The Morgan fingerprint density at radius 3 is 2.88 bits per heavy atom. The van der Waals surface area contributed by atoms with Crippen LogP contribution in [0.2, 0.25) is 0 Å². The molecule has 0 saturated carbocycles. The molecular formula is C12H9BrN2OS. The van der Waals surface area contributed by atoms with E-state index in [0.29, 0.717) is 5.89 Å². The number of rotatable bonds is 1. The maximum Gasteiger partial charge on any atom is 0.230 e. The molecule has 0 spiro atoms. The smallest absolute Gasteiger partial charge is 0.230 e. The summed E-state index contributed by atoms with van der Waals surface area (Å²) in [7, 11) is 0. The molecule has 2 heterocycles. The molecule has 86 valence electrons. The van der Waals surface area contributed by atoms with Gasteiger partial charge in [0.05, 0.1) is 10.6 Å². The van der Waals surface area contributed by atoms with Crippen LogP contribution in [0.15, 0.2) is 33.2 Å². The van der Waals surface area contributed by atoms with Crippen LogP contribution >= 0.6 is 27.3 Å². The minimum absolute atomic E-state index is 0.583. The molecule has 17 heavy (non-hydrogen) atoms. The van der Waals surface area contributed by atoms with E-state index in [-0.39, 0.29) is 0 Å². The summed E-state index contributed by atoms with van der Waals surface area (Å²) < 4.78 is 6.68. The summed E-state index contributed by atoms with van der Waals surface area (Å²) in [5.74, 6) is 0.583. The second-order valence-electron chi connectivity index (χ2n) is 3.77. The second kappa shape index (κ2) is 3.85. The normalized spacial score (nSPS) is 11.2. The van der Waals surface area contributed by atoms with Crippen LogP contribution in [0.5, 0.6) is 0 Å². The van der Waals surface area contributed by atoms with Crippen molar-refractivity contribution >= 4 is 43.4 Å². The first-order valence-corrected chi connectivity index (χ1v) is 6.67. The van der Waals surface area contributed by atoms with Crippen LogP contribution in [0.25, 0.3) is 22.6 Å². The average Bonchev–Trinajstić information content (AvgIpc) is 2.80. The standard InChI is InChI=1S/C12H9BrN2OS/c1-6-4-8(11(14)17-6)12-15-9-5-7(13)2-3-10(9)16-12/h2-5H,14H2,1H3. The highest BCUT2D eigenvalue weighted by Gasteiger charge is 2.13. The number of hydrogen-bond donors (Lipinski definition) is 1. The van der Waals surface area contributed by atoms with Crippen molar-refractivity contribution in [3.05, 3.63) is 33.6 Å². The molecule has 0 unspecified atom stereocenters. The summed E-state index contributed by atoms with van der Waals surface area (Å²) in [5, 5.41) is 0.744. The molecule has 0 saturated heterocycles. The van der Waals surface area contributed by atoms with E-state index in [1.54, 1.807) is 11.3 Å². The number of benzene rings is 1. The molecule has 0 aliphatic rings. The van der Waals surface area contributed by atoms with Crippen molar-refractivity contribution in [2.24, 2.45) is 0 Å². The Kier molecular flexibility index (Phi) is 2.45. The quantitative estimate of drug-likeness (QED) is 0.732. The van der Waals surface area contributed by atoms with Gasteiger partial charge in [0.15, 0.2) is 5.58 Å². The van der Waals surface area contributed by atoms with Gasteiger partial charge in [-0.2, -0.15) is 0 Å². The Balaban J connectivity index is 2.21. The topological polar surface area (TPSA) is 52.0 Å². The van der Waals surface area contributed by atoms with Crippen LogP contribution in [0, 0.1) is 6.92 Å². The Morgan fingerprint density at radius 1 is 1.35 bits per heavy atom. The van der Waals surface area contributed by atoms with E-state index < -0.39 is 0 Å². The van der Waals surface area contributed by atoms with Gasteiger partial charge in [0.25, 0.3) is 0 Å².